The molecule has 1 aliphatic heterocycles. The summed E-state index contributed by atoms with van der Waals surface area (Å²) in [6.45, 7) is 7.24. The van der Waals surface area contributed by atoms with E-state index in [1.165, 1.54) is 6.07 Å². The third-order valence-corrected chi connectivity index (χ3v) is 4.97. The fourth-order valence-electron chi connectivity index (χ4n) is 2.43. The largest absolute Gasteiger partial charge is 0.311 e. The molecule has 1 N–H and O–H groups in total. The molecule has 6 heteroatoms. The lowest BCUT2D eigenvalue weighted by Gasteiger charge is -2.12. The Balaban J connectivity index is 2.60. The summed E-state index contributed by atoms with van der Waals surface area (Å²) in [7, 11) is -1.88. The van der Waals surface area contributed by atoms with Gasteiger partial charge in [0, 0.05) is 24.2 Å². The Kier molecular flexibility index (Phi) is 3.95. The molecule has 1 amide bonds. The third-order valence-electron chi connectivity index (χ3n) is 3.32. The number of hydrogen-bond donors (Lipinski definition) is 1. The monoisotopic (exact) mass is 308 g/mol. The van der Waals surface area contributed by atoms with Crippen molar-refractivity contribution in [1.82, 2.24) is 4.72 Å². The Bertz CT molecular complexity index is 729. The van der Waals surface area contributed by atoms with Crippen LogP contribution in [0.25, 0.3) is 5.57 Å². The Morgan fingerprint density at radius 1 is 1.24 bits per heavy atom. The van der Waals surface area contributed by atoms with Crippen molar-refractivity contribution in [3.8, 4) is 0 Å². The summed E-state index contributed by atoms with van der Waals surface area (Å²) in [4.78, 5) is 14.0. The Labute approximate surface area is 125 Å². The second-order valence-corrected chi connectivity index (χ2v) is 7.41. The van der Waals surface area contributed by atoms with E-state index in [0.29, 0.717) is 11.1 Å². The quantitative estimate of drug-likeness (QED) is 0.870. The van der Waals surface area contributed by atoms with Crippen molar-refractivity contribution in [1.29, 1.82) is 0 Å². The number of nitrogens with zero attached hydrogens (tertiary/aromatic N) is 1. The molecule has 0 radical (unpaired) electrons. The van der Waals surface area contributed by atoms with Gasteiger partial charge in [0.15, 0.2) is 0 Å². The number of carbonyl (C=O) groups is 1. The summed E-state index contributed by atoms with van der Waals surface area (Å²) in [5, 5.41) is 0. The normalized spacial score (nSPS) is 14.9. The molecular formula is C15H20N2O3S. The lowest BCUT2D eigenvalue weighted by atomic mass is 10.0. The minimum atomic E-state index is -3.57. The van der Waals surface area contributed by atoms with Gasteiger partial charge in [0.1, 0.15) is 0 Å². The van der Waals surface area contributed by atoms with E-state index in [0.717, 1.165) is 11.3 Å². The zero-order valence-corrected chi connectivity index (χ0v) is 13.7. The third kappa shape index (κ3) is 2.73. The summed E-state index contributed by atoms with van der Waals surface area (Å²) in [6.07, 6.45) is 0. The summed E-state index contributed by atoms with van der Waals surface area (Å²) in [5.74, 6) is -0.101. The van der Waals surface area contributed by atoms with Gasteiger partial charge < -0.3 is 4.90 Å². The van der Waals surface area contributed by atoms with Crippen LogP contribution in [0.3, 0.4) is 0 Å². The minimum absolute atomic E-state index is 0.101. The van der Waals surface area contributed by atoms with Gasteiger partial charge in [-0.3, -0.25) is 4.79 Å². The number of amides is 1. The van der Waals surface area contributed by atoms with Crippen molar-refractivity contribution < 1.29 is 13.2 Å². The standard InChI is InChI=1S/C15H20N2O3S/c1-9(2)14-12-8-11(21(19,20)16-10(3)4)6-7-13(12)17(5)15(14)18/h6-8,10,16H,1-5H3. The SMILES string of the molecule is CC(C)=C1C(=O)N(C)c2ccc(S(=O)(=O)NC(C)C)cc21. The number of fused-ring (bicyclic) bond motifs is 1. The molecule has 2 rings (SSSR count). The molecule has 114 valence electrons. The fraction of sp³-hybridized carbons (Fsp3) is 0.400. The Morgan fingerprint density at radius 3 is 2.38 bits per heavy atom. The highest BCUT2D eigenvalue weighted by molar-refractivity contribution is 7.89. The van der Waals surface area contributed by atoms with E-state index in [2.05, 4.69) is 4.72 Å². The van der Waals surface area contributed by atoms with E-state index in [9.17, 15) is 13.2 Å². The van der Waals surface area contributed by atoms with Gasteiger partial charge in [0.25, 0.3) is 5.91 Å². The van der Waals surface area contributed by atoms with Crippen LogP contribution in [0.4, 0.5) is 5.69 Å². The molecule has 1 aromatic carbocycles. The van der Waals surface area contributed by atoms with Crippen molar-refractivity contribution in [2.75, 3.05) is 11.9 Å². The first kappa shape index (κ1) is 15.7. The topological polar surface area (TPSA) is 66.5 Å². The van der Waals surface area contributed by atoms with Crippen LogP contribution in [0.1, 0.15) is 33.3 Å². The summed E-state index contributed by atoms with van der Waals surface area (Å²) in [5.41, 5.74) is 2.86. The molecule has 0 aliphatic carbocycles. The zero-order chi connectivity index (χ0) is 15.9. The van der Waals surface area contributed by atoms with Crippen molar-refractivity contribution in [2.45, 2.75) is 38.6 Å². The first-order chi connectivity index (χ1) is 9.65. The van der Waals surface area contributed by atoms with Crippen LogP contribution in [0.15, 0.2) is 28.7 Å². The van der Waals surface area contributed by atoms with E-state index >= 15 is 0 Å². The average Bonchev–Trinajstić information content (AvgIpc) is 2.60. The van der Waals surface area contributed by atoms with Crippen molar-refractivity contribution in [2.24, 2.45) is 0 Å². The number of anilines is 1. The lowest BCUT2D eigenvalue weighted by molar-refractivity contribution is -0.112. The van der Waals surface area contributed by atoms with Gasteiger partial charge >= 0.3 is 0 Å². The smallest absolute Gasteiger partial charge is 0.258 e. The Hall–Kier alpha value is -1.66. The maximum atomic E-state index is 12.3. The van der Waals surface area contributed by atoms with Crippen LogP contribution in [0, 0.1) is 0 Å². The number of nitrogens with one attached hydrogen (secondary N) is 1. The van der Waals surface area contributed by atoms with Crippen LogP contribution < -0.4 is 9.62 Å². The maximum Gasteiger partial charge on any atom is 0.258 e. The number of carbonyl (C=O) groups excluding carboxylic acids is 1. The molecule has 0 saturated carbocycles. The maximum absolute atomic E-state index is 12.3. The number of rotatable bonds is 3. The van der Waals surface area contributed by atoms with E-state index in [1.807, 2.05) is 13.8 Å². The highest BCUT2D eigenvalue weighted by Gasteiger charge is 2.31. The van der Waals surface area contributed by atoms with Crippen molar-refractivity contribution in [3.05, 3.63) is 29.3 Å². The average molecular weight is 308 g/mol. The number of hydrogen-bond acceptors (Lipinski definition) is 3. The molecule has 21 heavy (non-hydrogen) atoms. The van der Waals surface area contributed by atoms with Crippen molar-refractivity contribution >= 4 is 27.2 Å². The Morgan fingerprint density at radius 2 is 1.86 bits per heavy atom. The highest BCUT2D eigenvalue weighted by atomic mass is 32.2. The molecule has 1 aliphatic rings. The predicted octanol–water partition coefficient (Wildman–Crippen LogP) is 2.14. The molecule has 0 bridgehead atoms. The van der Waals surface area contributed by atoms with E-state index < -0.39 is 10.0 Å². The first-order valence-electron chi connectivity index (χ1n) is 6.77. The predicted molar refractivity (Wildman–Crippen MR) is 83.6 cm³/mol. The molecular weight excluding hydrogens is 288 g/mol. The highest BCUT2D eigenvalue weighted by Crippen LogP contribution is 2.38. The van der Waals surface area contributed by atoms with Gasteiger partial charge in [-0.05, 0) is 45.9 Å². The molecule has 0 atom stereocenters. The zero-order valence-electron chi connectivity index (χ0n) is 12.9. The van der Waals surface area contributed by atoms with E-state index in [1.54, 1.807) is 37.9 Å². The lowest BCUT2D eigenvalue weighted by Crippen LogP contribution is -2.30. The van der Waals surface area contributed by atoms with Crippen LogP contribution in [0.2, 0.25) is 0 Å². The number of likely N-dealkylation sites (N-methyl/N-ethyl adjacent to an activating group) is 1. The summed E-state index contributed by atoms with van der Waals surface area (Å²) < 4.78 is 27.1. The number of allylic oxidation sites excluding steroid dienone is 1. The van der Waals surface area contributed by atoms with Crippen LogP contribution in [-0.2, 0) is 14.8 Å². The molecule has 0 spiro atoms. The van der Waals surface area contributed by atoms with Gasteiger partial charge in [-0.1, -0.05) is 5.57 Å². The molecule has 5 nitrogen and oxygen atoms in total. The molecule has 0 unspecified atom stereocenters. The van der Waals surface area contributed by atoms with Crippen LogP contribution in [0.5, 0.6) is 0 Å². The van der Waals surface area contributed by atoms with Gasteiger partial charge in [0.05, 0.1) is 10.6 Å². The molecule has 0 fully saturated rings. The molecule has 0 saturated heterocycles. The van der Waals surface area contributed by atoms with Gasteiger partial charge in [-0.25, -0.2) is 13.1 Å². The van der Waals surface area contributed by atoms with Gasteiger partial charge in [0.2, 0.25) is 10.0 Å². The van der Waals surface area contributed by atoms with Crippen molar-refractivity contribution in [3.63, 3.8) is 0 Å². The second kappa shape index (κ2) is 5.27. The number of benzene rings is 1. The molecule has 1 heterocycles. The molecule has 0 aromatic heterocycles. The summed E-state index contributed by atoms with van der Waals surface area (Å²) >= 11 is 0. The molecule has 1 aromatic rings. The van der Waals surface area contributed by atoms with Crippen LogP contribution in [-0.4, -0.2) is 27.4 Å². The first-order valence-corrected chi connectivity index (χ1v) is 8.25. The van der Waals surface area contributed by atoms with Gasteiger partial charge in [-0.15, -0.1) is 0 Å². The minimum Gasteiger partial charge on any atom is -0.311 e. The second-order valence-electron chi connectivity index (χ2n) is 5.69. The fourth-order valence-corrected chi connectivity index (χ4v) is 3.71. The van der Waals surface area contributed by atoms with Crippen LogP contribution >= 0.6 is 0 Å². The van der Waals surface area contributed by atoms with Gasteiger partial charge in [-0.2, -0.15) is 0 Å². The number of sulfonamides is 1. The van der Waals surface area contributed by atoms with E-state index in [4.69, 9.17) is 0 Å². The van der Waals surface area contributed by atoms with E-state index in [-0.39, 0.29) is 16.8 Å². The summed E-state index contributed by atoms with van der Waals surface area (Å²) in [6, 6.07) is 4.60.